The second kappa shape index (κ2) is 4.07. The van der Waals surface area contributed by atoms with Crippen LogP contribution in [0.3, 0.4) is 0 Å². The maximum absolute atomic E-state index is 6.07. The molecule has 80 valence electrons. The lowest BCUT2D eigenvalue weighted by atomic mass is 10.0. The van der Waals surface area contributed by atoms with Gasteiger partial charge < -0.3 is 10.5 Å². The van der Waals surface area contributed by atoms with Gasteiger partial charge in [0.15, 0.2) is 0 Å². The van der Waals surface area contributed by atoms with Crippen LogP contribution in [0.1, 0.15) is 18.9 Å². The van der Waals surface area contributed by atoms with E-state index in [1.54, 1.807) is 0 Å². The van der Waals surface area contributed by atoms with Gasteiger partial charge in [-0.2, -0.15) is 0 Å². The smallest absolute Gasteiger partial charge is 0.123 e. The second-order valence-corrected chi connectivity index (χ2v) is 4.29. The summed E-state index contributed by atoms with van der Waals surface area (Å²) in [4.78, 5) is 0. The molecule has 0 saturated carbocycles. The summed E-state index contributed by atoms with van der Waals surface area (Å²) < 4.78 is 5.80. The van der Waals surface area contributed by atoms with Crippen LogP contribution in [-0.2, 0) is 6.42 Å². The molecule has 1 aromatic carbocycles. The Morgan fingerprint density at radius 3 is 3.00 bits per heavy atom. The van der Waals surface area contributed by atoms with Crippen LogP contribution in [0.15, 0.2) is 36.4 Å². The lowest BCUT2D eigenvalue weighted by Gasteiger charge is -2.18. The zero-order chi connectivity index (χ0) is 10.8. The molecule has 1 aliphatic heterocycles. The van der Waals surface area contributed by atoms with Gasteiger partial charge in [-0.3, -0.25) is 0 Å². The standard InChI is InChI=1S/C13H17NO/c1-9(2)7-11(14)13-8-10-5-3-4-6-12(10)15-13/h3-6,11,13H,1,7-8,14H2,2H3. The quantitative estimate of drug-likeness (QED) is 0.765. The molecule has 0 fully saturated rings. The zero-order valence-electron chi connectivity index (χ0n) is 9.07. The number of benzene rings is 1. The third-order valence-electron chi connectivity index (χ3n) is 2.73. The number of hydrogen-bond acceptors (Lipinski definition) is 2. The number of para-hydroxylation sites is 1. The highest BCUT2D eigenvalue weighted by Gasteiger charge is 2.27. The molecule has 0 spiro atoms. The summed E-state index contributed by atoms with van der Waals surface area (Å²) in [5, 5.41) is 0. The number of hydrogen-bond donors (Lipinski definition) is 1. The van der Waals surface area contributed by atoms with Gasteiger partial charge in [-0.05, 0) is 25.0 Å². The Hall–Kier alpha value is -1.28. The van der Waals surface area contributed by atoms with Gasteiger partial charge in [0.1, 0.15) is 11.9 Å². The molecule has 2 N–H and O–H groups in total. The van der Waals surface area contributed by atoms with Crippen molar-refractivity contribution in [2.24, 2.45) is 5.73 Å². The predicted molar refractivity (Wildman–Crippen MR) is 62.0 cm³/mol. The average Bonchev–Trinajstić information content (AvgIpc) is 2.59. The molecular formula is C13H17NO. The van der Waals surface area contributed by atoms with Crippen molar-refractivity contribution in [3.05, 3.63) is 42.0 Å². The van der Waals surface area contributed by atoms with Crippen molar-refractivity contribution in [1.29, 1.82) is 0 Å². The first-order valence-corrected chi connectivity index (χ1v) is 5.31. The summed E-state index contributed by atoms with van der Waals surface area (Å²) in [5.41, 5.74) is 8.45. The SMILES string of the molecule is C=C(C)CC(N)C1Cc2ccccc2O1. The Kier molecular flexibility index (Phi) is 2.78. The summed E-state index contributed by atoms with van der Waals surface area (Å²) in [6, 6.07) is 8.18. The molecule has 0 radical (unpaired) electrons. The van der Waals surface area contributed by atoms with Gasteiger partial charge in [-0.25, -0.2) is 0 Å². The molecule has 0 aromatic heterocycles. The monoisotopic (exact) mass is 203 g/mol. The fourth-order valence-electron chi connectivity index (χ4n) is 1.98. The largest absolute Gasteiger partial charge is 0.488 e. The minimum atomic E-state index is 0.0508. The van der Waals surface area contributed by atoms with E-state index in [9.17, 15) is 0 Å². The molecule has 2 rings (SSSR count). The Labute approximate surface area is 90.7 Å². The molecule has 2 heteroatoms. The number of fused-ring (bicyclic) bond motifs is 1. The molecule has 1 aliphatic rings. The molecule has 2 unspecified atom stereocenters. The summed E-state index contributed by atoms with van der Waals surface area (Å²) in [5.74, 6) is 0.986. The highest BCUT2D eigenvalue weighted by Crippen LogP contribution is 2.29. The molecule has 15 heavy (non-hydrogen) atoms. The van der Waals surface area contributed by atoms with Gasteiger partial charge in [-0.1, -0.05) is 23.8 Å². The minimum absolute atomic E-state index is 0.0508. The van der Waals surface area contributed by atoms with Crippen molar-refractivity contribution in [2.75, 3.05) is 0 Å². The zero-order valence-corrected chi connectivity index (χ0v) is 9.07. The van der Waals surface area contributed by atoms with E-state index < -0.39 is 0 Å². The van der Waals surface area contributed by atoms with Crippen LogP contribution in [0.25, 0.3) is 0 Å². The number of rotatable bonds is 3. The Bertz CT molecular complexity index is 348. The first-order valence-electron chi connectivity index (χ1n) is 5.31. The third-order valence-corrected chi connectivity index (χ3v) is 2.73. The Morgan fingerprint density at radius 2 is 2.33 bits per heavy atom. The highest BCUT2D eigenvalue weighted by molar-refractivity contribution is 5.37. The van der Waals surface area contributed by atoms with Crippen LogP contribution in [-0.4, -0.2) is 12.1 Å². The van der Waals surface area contributed by atoms with Crippen molar-refractivity contribution in [3.8, 4) is 5.75 Å². The molecule has 2 atom stereocenters. The van der Waals surface area contributed by atoms with Crippen LogP contribution in [0.2, 0.25) is 0 Å². The summed E-state index contributed by atoms with van der Waals surface area (Å²) in [7, 11) is 0. The summed E-state index contributed by atoms with van der Waals surface area (Å²) >= 11 is 0. The van der Waals surface area contributed by atoms with E-state index >= 15 is 0 Å². The number of ether oxygens (including phenoxy) is 1. The molecule has 0 bridgehead atoms. The fourth-order valence-corrected chi connectivity index (χ4v) is 1.98. The number of nitrogens with two attached hydrogens (primary N) is 1. The van der Waals surface area contributed by atoms with E-state index in [-0.39, 0.29) is 12.1 Å². The lowest BCUT2D eigenvalue weighted by Crippen LogP contribution is -2.37. The first kappa shape index (κ1) is 10.2. The Morgan fingerprint density at radius 1 is 1.60 bits per heavy atom. The minimum Gasteiger partial charge on any atom is -0.488 e. The highest BCUT2D eigenvalue weighted by atomic mass is 16.5. The van der Waals surface area contributed by atoms with Crippen molar-refractivity contribution >= 4 is 0 Å². The van der Waals surface area contributed by atoms with E-state index in [2.05, 4.69) is 12.6 Å². The van der Waals surface area contributed by atoms with Crippen LogP contribution in [0.5, 0.6) is 5.75 Å². The molecule has 0 amide bonds. The van der Waals surface area contributed by atoms with Gasteiger partial charge in [-0.15, -0.1) is 6.58 Å². The van der Waals surface area contributed by atoms with Gasteiger partial charge in [0.05, 0.1) is 0 Å². The van der Waals surface area contributed by atoms with E-state index in [0.29, 0.717) is 0 Å². The molecule has 0 saturated heterocycles. The second-order valence-electron chi connectivity index (χ2n) is 4.29. The molecule has 2 nitrogen and oxygen atoms in total. The van der Waals surface area contributed by atoms with Crippen molar-refractivity contribution in [2.45, 2.75) is 31.9 Å². The molecule has 0 aliphatic carbocycles. The van der Waals surface area contributed by atoms with E-state index in [4.69, 9.17) is 10.5 Å². The topological polar surface area (TPSA) is 35.2 Å². The summed E-state index contributed by atoms with van der Waals surface area (Å²) in [6.07, 6.45) is 1.86. The van der Waals surface area contributed by atoms with E-state index in [1.807, 2.05) is 25.1 Å². The van der Waals surface area contributed by atoms with Crippen molar-refractivity contribution in [1.82, 2.24) is 0 Å². The third kappa shape index (κ3) is 2.21. The maximum atomic E-state index is 6.07. The molecular weight excluding hydrogens is 186 g/mol. The van der Waals surface area contributed by atoms with Crippen LogP contribution in [0, 0.1) is 0 Å². The van der Waals surface area contributed by atoms with E-state index in [1.165, 1.54) is 5.56 Å². The van der Waals surface area contributed by atoms with Crippen LogP contribution in [0.4, 0.5) is 0 Å². The van der Waals surface area contributed by atoms with Crippen LogP contribution >= 0.6 is 0 Å². The van der Waals surface area contributed by atoms with Crippen LogP contribution < -0.4 is 10.5 Å². The van der Waals surface area contributed by atoms with Gasteiger partial charge >= 0.3 is 0 Å². The predicted octanol–water partition coefficient (Wildman–Crippen LogP) is 2.28. The van der Waals surface area contributed by atoms with Gasteiger partial charge in [0.2, 0.25) is 0 Å². The average molecular weight is 203 g/mol. The van der Waals surface area contributed by atoms with E-state index in [0.717, 1.165) is 24.2 Å². The molecule has 1 aromatic rings. The first-order chi connectivity index (χ1) is 7.16. The Balaban J connectivity index is 2.03. The lowest BCUT2D eigenvalue weighted by molar-refractivity contribution is 0.198. The maximum Gasteiger partial charge on any atom is 0.123 e. The van der Waals surface area contributed by atoms with Gasteiger partial charge in [0.25, 0.3) is 0 Å². The van der Waals surface area contributed by atoms with Crippen molar-refractivity contribution in [3.63, 3.8) is 0 Å². The normalized spacial score (nSPS) is 20.5. The summed E-state index contributed by atoms with van der Waals surface area (Å²) in [6.45, 7) is 5.88. The van der Waals surface area contributed by atoms with Gasteiger partial charge in [0, 0.05) is 12.5 Å². The van der Waals surface area contributed by atoms with Crippen molar-refractivity contribution < 1.29 is 4.74 Å². The fraction of sp³-hybridized carbons (Fsp3) is 0.385. The molecule has 1 heterocycles.